The number of benzene rings is 3. The third kappa shape index (κ3) is 5.18. The van der Waals surface area contributed by atoms with E-state index in [1.165, 1.54) is 21.5 Å². The first-order chi connectivity index (χ1) is 14.6. The Kier molecular flexibility index (Phi) is 7.19. The van der Waals surface area contributed by atoms with Gasteiger partial charge in [-0.1, -0.05) is 59.3 Å². The Morgan fingerprint density at radius 3 is 2.32 bits per heavy atom. The van der Waals surface area contributed by atoms with Gasteiger partial charge in [-0.25, -0.2) is 14.2 Å². The van der Waals surface area contributed by atoms with Crippen LogP contribution in [-0.4, -0.2) is 21.0 Å². The molecule has 155 valence electrons. The standard InChI is InChI=1S/C19H12N.C6H4FNO2.Ir/c1-2-6-17-14(5-1)8-9-15-10-11-16(13-18(15)17)19-7-3-4-12-20-19;7-4-1-2-8-5(3-4)6(9)10;/h1-10,12-13H;1-3H,(H,9,10);/q-1;;. The number of aromatic nitrogens is 2. The maximum absolute atomic E-state index is 12.2. The third-order valence-corrected chi connectivity index (χ3v) is 4.56. The molecule has 0 bridgehead atoms. The van der Waals surface area contributed by atoms with E-state index >= 15 is 0 Å². The molecule has 0 amide bonds. The summed E-state index contributed by atoms with van der Waals surface area (Å²) in [6, 6.07) is 28.2. The first kappa shape index (κ1) is 22.2. The minimum absolute atomic E-state index is 0. The fraction of sp³-hybridized carbons (Fsp3) is 0. The van der Waals surface area contributed by atoms with E-state index in [-0.39, 0.29) is 25.8 Å². The number of nitrogens with zero attached hydrogens (tertiary/aromatic N) is 2. The molecule has 0 aliphatic carbocycles. The predicted molar refractivity (Wildman–Crippen MR) is 115 cm³/mol. The molecule has 3 aromatic carbocycles. The molecule has 0 fully saturated rings. The summed E-state index contributed by atoms with van der Waals surface area (Å²) >= 11 is 0. The molecule has 6 heteroatoms. The van der Waals surface area contributed by atoms with Gasteiger partial charge in [-0.3, -0.25) is 0 Å². The zero-order valence-corrected chi connectivity index (χ0v) is 18.5. The average Bonchev–Trinajstić information content (AvgIpc) is 2.79. The molecular weight excluding hydrogens is 572 g/mol. The molecule has 0 aliphatic rings. The van der Waals surface area contributed by atoms with Crippen LogP contribution in [0.15, 0.2) is 91.3 Å². The number of carboxylic acids is 1. The number of hydrogen-bond acceptors (Lipinski definition) is 3. The van der Waals surface area contributed by atoms with Gasteiger partial charge in [0.05, 0.1) is 0 Å². The van der Waals surface area contributed by atoms with Crippen LogP contribution < -0.4 is 0 Å². The molecule has 1 N–H and O–H groups in total. The monoisotopic (exact) mass is 588 g/mol. The zero-order chi connectivity index (χ0) is 20.9. The van der Waals surface area contributed by atoms with Crippen LogP contribution in [0.3, 0.4) is 0 Å². The molecule has 31 heavy (non-hydrogen) atoms. The number of rotatable bonds is 2. The Labute approximate surface area is 191 Å². The molecule has 0 spiro atoms. The average molecular weight is 588 g/mol. The van der Waals surface area contributed by atoms with Crippen molar-refractivity contribution in [2.75, 3.05) is 0 Å². The molecule has 2 heterocycles. The van der Waals surface area contributed by atoms with Crippen LogP contribution in [0.2, 0.25) is 0 Å². The Morgan fingerprint density at radius 2 is 1.61 bits per heavy atom. The molecular formula is C25H16FIrN2O2-. The number of pyridine rings is 2. The summed E-state index contributed by atoms with van der Waals surface area (Å²) in [5.41, 5.74) is 1.72. The van der Waals surface area contributed by atoms with E-state index in [1.54, 1.807) is 0 Å². The van der Waals surface area contributed by atoms with Gasteiger partial charge in [-0.05, 0) is 28.6 Å². The molecule has 5 rings (SSSR count). The van der Waals surface area contributed by atoms with Crippen LogP contribution in [0.25, 0.3) is 32.8 Å². The van der Waals surface area contributed by atoms with E-state index in [0.717, 1.165) is 29.6 Å². The Bertz CT molecular complexity index is 1340. The molecule has 5 aromatic rings. The van der Waals surface area contributed by atoms with Crippen molar-refractivity contribution in [3.05, 3.63) is 109 Å². The molecule has 0 unspecified atom stereocenters. The van der Waals surface area contributed by atoms with Crippen molar-refractivity contribution in [3.63, 3.8) is 0 Å². The Hall–Kier alpha value is -3.47. The summed E-state index contributed by atoms with van der Waals surface area (Å²) in [6.07, 6.45) is 2.93. The van der Waals surface area contributed by atoms with Gasteiger partial charge in [0, 0.05) is 38.6 Å². The van der Waals surface area contributed by atoms with Gasteiger partial charge in [0.15, 0.2) is 5.69 Å². The van der Waals surface area contributed by atoms with Crippen LogP contribution in [0, 0.1) is 11.9 Å². The van der Waals surface area contributed by atoms with Crippen molar-refractivity contribution >= 4 is 27.5 Å². The maximum atomic E-state index is 12.2. The number of carboxylic acid groups (broad SMARTS) is 1. The second-order valence-electron chi connectivity index (χ2n) is 6.52. The summed E-state index contributed by atoms with van der Waals surface area (Å²) in [5, 5.41) is 13.3. The zero-order valence-electron chi connectivity index (χ0n) is 16.1. The smallest absolute Gasteiger partial charge is 0.354 e. The van der Waals surface area contributed by atoms with E-state index < -0.39 is 11.8 Å². The van der Waals surface area contributed by atoms with Crippen LogP contribution >= 0.6 is 0 Å². The summed E-state index contributed by atoms with van der Waals surface area (Å²) in [7, 11) is 0. The van der Waals surface area contributed by atoms with Crippen molar-refractivity contribution in [1.29, 1.82) is 0 Å². The minimum atomic E-state index is -1.22. The van der Waals surface area contributed by atoms with Crippen LogP contribution in [0.1, 0.15) is 10.5 Å². The molecule has 4 nitrogen and oxygen atoms in total. The molecule has 2 aromatic heterocycles. The van der Waals surface area contributed by atoms with Crippen LogP contribution in [0.5, 0.6) is 0 Å². The van der Waals surface area contributed by atoms with E-state index in [1.807, 2.05) is 30.5 Å². The molecule has 0 saturated heterocycles. The van der Waals surface area contributed by atoms with Crippen LogP contribution in [0.4, 0.5) is 4.39 Å². The van der Waals surface area contributed by atoms with Gasteiger partial charge >= 0.3 is 5.97 Å². The fourth-order valence-electron chi connectivity index (χ4n) is 3.13. The molecule has 0 atom stereocenters. The van der Waals surface area contributed by atoms with Gasteiger partial charge in [0.25, 0.3) is 0 Å². The largest absolute Gasteiger partial charge is 0.477 e. The van der Waals surface area contributed by atoms with Crippen molar-refractivity contribution in [1.82, 2.24) is 9.97 Å². The number of hydrogen-bond donors (Lipinski definition) is 1. The first-order valence-corrected chi connectivity index (χ1v) is 9.21. The van der Waals surface area contributed by atoms with Crippen molar-refractivity contribution < 1.29 is 34.4 Å². The number of fused-ring (bicyclic) bond motifs is 3. The Balaban J connectivity index is 0.000000212. The summed E-state index contributed by atoms with van der Waals surface area (Å²) in [4.78, 5) is 17.9. The second-order valence-corrected chi connectivity index (χ2v) is 6.52. The number of carbonyl (C=O) groups is 1. The van der Waals surface area contributed by atoms with Crippen molar-refractivity contribution in [3.8, 4) is 11.3 Å². The summed E-state index contributed by atoms with van der Waals surface area (Å²) < 4.78 is 12.2. The van der Waals surface area contributed by atoms with E-state index in [9.17, 15) is 9.18 Å². The van der Waals surface area contributed by atoms with Gasteiger partial charge in [0.1, 0.15) is 5.82 Å². The third-order valence-electron chi connectivity index (χ3n) is 4.56. The van der Waals surface area contributed by atoms with Crippen molar-refractivity contribution in [2.24, 2.45) is 0 Å². The van der Waals surface area contributed by atoms with Crippen molar-refractivity contribution in [2.45, 2.75) is 0 Å². The summed E-state index contributed by atoms with van der Waals surface area (Å²) in [5.74, 6) is -1.81. The Morgan fingerprint density at radius 1 is 0.839 bits per heavy atom. The van der Waals surface area contributed by atoms with E-state index in [2.05, 4.69) is 58.5 Å². The second kappa shape index (κ2) is 10.0. The minimum Gasteiger partial charge on any atom is -0.477 e. The predicted octanol–water partition coefficient (Wildman–Crippen LogP) is 5.77. The van der Waals surface area contributed by atoms with Gasteiger partial charge < -0.3 is 10.1 Å². The quantitative estimate of drug-likeness (QED) is 0.210. The normalized spacial score (nSPS) is 10.1. The van der Waals surface area contributed by atoms with Gasteiger partial charge in [-0.2, -0.15) is 0 Å². The number of aromatic carboxylic acids is 1. The SMILES string of the molecule is O=C(O)c1cc(F)ccn1.[Ir].[c-]1cc2ccc3ccccc3c2cc1-c1ccccn1. The maximum Gasteiger partial charge on any atom is 0.354 e. The topological polar surface area (TPSA) is 63.1 Å². The van der Waals surface area contributed by atoms with Gasteiger partial charge in [-0.15, -0.1) is 23.8 Å². The van der Waals surface area contributed by atoms with Crippen LogP contribution in [-0.2, 0) is 20.1 Å². The molecule has 0 aliphatic heterocycles. The summed E-state index contributed by atoms with van der Waals surface area (Å²) in [6.45, 7) is 0. The fourth-order valence-corrected chi connectivity index (χ4v) is 3.13. The molecule has 0 saturated carbocycles. The van der Waals surface area contributed by atoms with E-state index in [4.69, 9.17) is 5.11 Å². The van der Waals surface area contributed by atoms with E-state index in [0.29, 0.717) is 0 Å². The molecule has 1 radical (unpaired) electrons. The van der Waals surface area contributed by atoms with Gasteiger partial charge in [0.2, 0.25) is 0 Å². The number of halogens is 1. The first-order valence-electron chi connectivity index (χ1n) is 9.21.